The molecule has 0 radical (unpaired) electrons. The van der Waals surface area contributed by atoms with E-state index in [0.29, 0.717) is 12.6 Å². The van der Waals surface area contributed by atoms with Crippen molar-refractivity contribution in [1.29, 1.82) is 0 Å². The molecule has 1 aliphatic rings. The van der Waals surface area contributed by atoms with E-state index in [9.17, 15) is 4.79 Å². The van der Waals surface area contributed by atoms with Crippen LogP contribution >= 0.6 is 0 Å². The van der Waals surface area contributed by atoms with Crippen LogP contribution in [-0.4, -0.2) is 23.6 Å². The molecule has 0 amide bonds. The maximum Gasteiger partial charge on any atom is 0.308 e. The molecule has 1 N–H and O–H groups in total. The molecule has 4 heteroatoms. The summed E-state index contributed by atoms with van der Waals surface area (Å²) in [7, 11) is 0. The summed E-state index contributed by atoms with van der Waals surface area (Å²) in [6, 6.07) is 4.44. The van der Waals surface area contributed by atoms with Crippen molar-refractivity contribution in [2.45, 2.75) is 45.2 Å². The summed E-state index contributed by atoms with van der Waals surface area (Å²) in [4.78, 5) is 15.8. The minimum absolute atomic E-state index is 0.0297. The van der Waals surface area contributed by atoms with Gasteiger partial charge in [0.2, 0.25) is 0 Å². The molecule has 2 unspecified atom stereocenters. The van der Waals surface area contributed by atoms with Gasteiger partial charge in [0.15, 0.2) is 0 Å². The molecule has 0 bridgehead atoms. The van der Waals surface area contributed by atoms with Gasteiger partial charge < -0.3 is 10.1 Å². The molecule has 0 saturated heterocycles. The monoisotopic (exact) mass is 262 g/mol. The molecule has 1 aromatic rings. The second-order valence-corrected chi connectivity index (χ2v) is 5.05. The number of aromatic nitrogens is 1. The van der Waals surface area contributed by atoms with Crippen LogP contribution in [0.4, 0.5) is 0 Å². The number of hydrogen-bond acceptors (Lipinski definition) is 4. The lowest BCUT2D eigenvalue weighted by molar-refractivity contribution is -0.149. The van der Waals surface area contributed by atoms with Crippen molar-refractivity contribution in [2.24, 2.45) is 5.92 Å². The molecule has 0 aromatic carbocycles. The Morgan fingerprint density at radius 3 is 2.95 bits per heavy atom. The molecule has 19 heavy (non-hydrogen) atoms. The molecule has 2 rings (SSSR count). The fourth-order valence-corrected chi connectivity index (χ4v) is 2.61. The van der Waals surface area contributed by atoms with Crippen LogP contribution in [0.3, 0.4) is 0 Å². The lowest BCUT2D eigenvalue weighted by Crippen LogP contribution is -2.36. The number of carbonyl (C=O) groups is 1. The third-order valence-electron chi connectivity index (χ3n) is 3.64. The maximum absolute atomic E-state index is 11.8. The first-order chi connectivity index (χ1) is 9.29. The van der Waals surface area contributed by atoms with E-state index in [-0.39, 0.29) is 11.9 Å². The molecular weight excluding hydrogens is 240 g/mol. The SMILES string of the molecule is CCOC(=O)C1CCCC(NCc2ccncc2)C1. The van der Waals surface area contributed by atoms with Crippen molar-refractivity contribution in [3.05, 3.63) is 30.1 Å². The van der Waals surface area contributed by atoms with Gasteiger partial charge >= 0.3 is 5.97 Å². The zero-order chi connectivity index (χ0) is 13.5. The van der Waals surface area contributed by atoms with Crippen molar-refractivity contribution in [3.8, 4) is 0 Å². The van der Waals surface area contributed by atoms with Crippen molar-refractivity contribution in [1.82, 2.24) is 10.3 Å². The summed E-state index contributed by atoms with van der Waals surface area (Å²) >= 11 is 0. The van der Waals surface area contributed by atoms with Gasteiger partial charge in [0.05, 0.1) is 12.5 Å². The second kappa shape index (κ2) is 7.24. The number of ether oxygens (including phenoxy) is 1. The number of pyridine rings is 1. The van der Waals surface area contributed by atoms with Crippen LogP contribution in [0.1, 0.15) is 38.2 Å². The highest BCUT2D eigenvalue weighted by molar-refractivity contribution is 5.72. The number of nitrogens with zero attached hydrogens (tertiary/aromatic N) is 1. The van der Waals surface area contributed by atoms with Crippen LogP contribution in [0.25, 0.3) is 0 Å². The number of nitrogens with one attached hydrogen (secondary N) is 1. The average molecular weight is 262 g/mol. The standard InChI is InChI=1S/C15H22N2O2/c1-2-19-15(18)13-4-3-5-14(10-13)17-11-12-6-8-16-9-7-12/h6-9,13-14,17H,2-5,10-11H2,1H3. The molecule has 104 valence electrons. The zero-order valence-corrected chi connectivity index (χ0v) is 11.5. The summed E-state index contributed by atoms with van der Waals surface area (Å²) in [5.41, 5.74) is 1.23. The molecule has 1 heterocycles. The molecule has 2 atom stereocenters. The van der Waals surface area contributed by atoms with E-state index in [2.05, 4.69) is 10.3 Å². The van der Waals surface area contributed by atoms with E-state index in [1.807, 2.05) is 19.1 Å². The number of rotatable bonds is 5. The topological polar surface area (TPSA) is 51.2 Å². The van der Waals surface area contributed by atoms with Crippen LogP contribution in [-0.2, 0) is 16.1 Å². The Morgan fingerprint density at radius 2 is 2.21 bits per heavy atom. The van der Waals surface area contributed by atoms with Gasteiger partial charge in [-0.05, 0) is 43.9 Å². The molecule has 0 spiro atoms. The molecule has 1 fully saturated rings. The minimum Gasteiger partial charge on any atom is -0.466 e. The summed E-state index contributed by atoms with van der Waals surface area (Å²) in [6.45, 7) is 3.17. The van der Waals surface area contributed by atoms with E-state index >= 15 is 0 Å². The number of carbonyl (C=O) groups excluding carboxylic acids is 1. The summed E-state index contributed by atoms with van der Waals surface area (Å²) in [6.07, 6.45) is 7.70. The van der Waals surface area contributed by atoms with Gasteiger partial charge in [0.25, 0.3) is 0 Å². The van der Waals surface area contributed by atoms with E-state index in [4.69, 9.17) is 4.74 Å². The molecule has 1 aliphatic carbocycles. The highest BCUT2D eigenvalue weighted by Crippen LogP contribution is 2.25. The van der Waals surface area contributed by atoms with Crippen molar-refractivity contribution in [2.75, 3.05) is 6.61 Å². The Morgan fingerprint density at radius 1 is 1.42 bits per heavy atom. The summed E-state index contributed by atoms with van der Waals surface area (Å²) in [5.74, 6) is 0.0431. The summed E-state index contributed by atoms with van der Waals surface area (Å²) < 4.78 is 5.12. The number of hydrogen-bond donors (Lipinski definition) is 1. The predicted molar refractivity (Wildman–Crippen MR) is 73.5 cm³/mol. The molecule has 0 aliphatic heterocycles. The maximum atomic E-state index is 11.8. The van der Waals surface area contributed by atoms with Crippen LogP contribution in [0.5, 0.6) is 0 Å². The van der Waals surface area contributed by atoms with Crippen LogP contribution in [0.15, 0.2) is 24.5 Å². The Balaban J connectivity index is 1.79. The van der Waals surface area contributed by atoms with Gasteiger partial charge in [-0.1, -0.05) is 6.42 Å². The van der Waals surface area contributed by atoms with E-state index in [1.165, 1.54) is 5.56 Å². The molecule has 4 nitrogen and oxygen atoms in total. The van der Waals surface area contributed by atoms with Gasteiger partial charge in [0.1, 0.15) is 0 Å². The van der Waals surface area contributed by atoms with Crippen LogP contribution < -0.4 is 5.32 Å². The molecular formula is C15H22N2O2. The highest BCUT2D eigenvalue weighted by atomic mass is 16.5. The number of esters is 1. The molecule has 1 aromatic heterocycles. The zero-order valence-electron chi connectivity index (χ0n) is 11.5. The Kier molecular flexibility index (Phi) is 5.33. The Hall–Kier alpha value is -1.42. The smallest absolute Gasteiger partial charge is 0.308 e. The van der Waals surface area contributed by atoms with Gasteiger partial charge in [-0.3, -0.25) is 9.78 Å². The largest absolute Gasteiger partial charge is 0.466 e. The van der Waals surface area contributed by atoms with Crippen LogP contribution in [0, 0.1) is 5.92 Å². The normalized spacial score (nSPS) is 23.0. The quantitative estimate of drug-likeness (QED) is 0.827. The third kappa shape index (κ3) is 4.31. The minimum atomic E-state index is -0.0297. The lowest BCUT2D eigenvalue weighted by Gasteiger charge is -2.28. The Labute approximate surface area is 114 Å². The van der Waals surface area contributed by atoms with E-state index in [1.54, 1.807) is 12.4 Å². The average Bonchev–Trinajstić information content (AvgIpc) is 2.47. The van der Waals surface area contributed by atoms with Gasteiger partial charge in [-0.15, -0.1) is 0 Å². The van der Waals surface area contributed by atoms with Crippen molar-refractivity contribution >= 4 is 5.97 Å². The Bertz CT molecular complexity index is 394. The highest BCUT2D eigenvalue weighted by Gasteiger charge is 2.27. The molecule has 1 saturated carbocycles. The van der Waals surface area contributed by atoms with Crippen molar-refractivity contribution in [3.63, 3.8) is 0 Å². The fourth-order valence-electron chi connectivity index (χ4n) is 2.61. The first-order valence-corrected chi connectivity index (χ1v) is 7.08. The van der Waals surface area contributed by atoms with Gasteiger partial charge in [-0.25, -0.2) is 0 Å². The van der Waals surface area contributed by atoms with Gasteiger partial charge in [-0.2, -0.15) is 0 Å². The third-order valence-corrected chi connectivity index (χ3v) is 3.64. The van der Waals surface area contributed by atoms with E-state index < -0.39 is 0 Å². The van der Waals surface area contributed by atoms with Gasteiger partial charge in [0, 0.05) is 25.0 Å². The lowest BCUT2D eigenvalue weighted by atomic mass is 9.85. The van der Waals surface area contributed by atoms with E-state index in [0.717, 1.165) is 32.2 Å². The van der Waals surface area contributed by atoms with Crippen molar-refractivity contribution < 1.29 is 9.53 Å². The summed E-state index contributed by atoms with van der Waals surface area (Å²) in [5, 5.41) is 3.53. The predicted octanol–water partition coefficient (Wildman–Crippen LogP) is 2.29. The second-order valence-electron chi connectivity index (χ2n) is 5.05. The van der Waals surface area contributed by atoms with Crippen LogP contribution in [0.2, 0.25) is 0 Å². The first-order valence-electron chi connectivity index (χ1n) is 7.08. The first kappa shape index (κ1) is 14.0. The fraction of sp³-hybridized carbons (Fsp3) is 0.600.